The van der Waals surface area contributed by atoms with Gasteiger partial charge in [0, 0.05) is 19.0 Å². The average molecular weight is 249 g/mol. The van der Waals surface area contributed by atoms with Gasteiger partial charge in [-0.25, -0.2) is 0 Å². The molecule has 1 saturated heterocycles. The Morgan fingerprint density at radius 2 is 2.25 bits per heavy atom. The molecule has 0 aromatic carbocycles. The van der Waals surface area contributed by atoms with Crippen molar-refractivity contribution in [3.8, 4) is 0 Å². The topological polar surface area (TPSA) is 46.3 Å². The molecule has 1 aliphatic rings. The van der Waals surface area contributed by atoms with E-state index in [0.29, 0.717) is 11.8 Å². The number of likely N-dealkylation sites (tertiary alicyclic amines) is 1. The molecule has 1 fully saturated rings. The number of rotatable bonds is 4. The van der Waals surface area contributed by atoms with Crippen molar-refractivity contribution in [1.29, 1.82) is 0 Å². The molecule has 96 valence electrons. The van der Waals surface area contributed by atoms with E-state index in [0.717, 1.165) is 38.9 Å². The van der Waals surface area contributed by atoms with Crippen LogP contribution in [0.5, 0.6) is 0 Å². The summed E-state index contributed by atoms with van der Waals surface area (Å²) in [6, 6.07) is 0. The molecule has 2 unspecified atom stereocenters. The van der Waals surface area contributed by atoms with Crippen molar-refractivity contribution in [1.82, 2.24) is 4.90 Å². The van der Waals surface area contributed by atoms with Crippen LogP contribution in [0.2, 0.25) is 0 Å². The van der Waals surface area contributed by atoms with Crippen LogP contribution >= 0.6 is 12.4 Å². The van der Waals surface area contributed by atoms with E-state index in [9.17, 15) is 4.79 Å². The van der Waals surface area contributed by atoms with Gasteiger partial charge in [0.05, 0.1) is 0 Å². The minimum absolute atomic E-state index is 0. The number of nitrogens with two attached hydrogens (primary N) is 1. The maximum Gasteiger partial charge on any atom is 0.225 e. The first kappa shape index (κ1) is 15.7. The smallest absolute Gasteiger partial charge is 0.225 e. The van der Waals surface area contributed by atoms with Gasteiger partial charge in [-0.3, -0.25) is 4.79 Å². The van der Waals surface area contributed by atoms with E-state index in [1.807, 2.05) is 11.8 Å². The van der Waals surface area contributed by atoms with E-state index < -0.39 is 0 Å². The molecule has 0 radical (unpaired) electrons. The molecule has 3 nitrogen and oxygen atoms in total. The van der Waals surface area contributed by atoms with Crippen LogP contribution in [0, 0.1) is 11.8 Å². The first-order valence-electron chi connectivity index (χ1n) is 6.17. The highest BCUT2D eigenvalue weighted by molar-refractivity contribution is 5.85. The van der Waals surface area contributed by atoms with Crippen LogP contribution in [0.4, 0.5) is 0 Å². The zero-order valence-corrected chi connectivity index (χ0v) is 11.3. The zero-order valence-electron chi connectivity index (χ0n) is 10.4. The molecule has 0 bridgehead atoms. The van der Waals surface area contributed by atoms with Gasteiger partial charge in [-0.05, 0) is 38.1 Å². The lowest BCUT2D eigenvalue weighted by Gasteiger charge is -2.34. The van der Waals surface area contributed by atoms with Crippen molar-refractivity contribution in [2.45, 2.75) is 39.5 Å². The molecule has 2 atom stereocenters. The lowest BCUT2D eigenvalue weighted by Crippen LogP contribution is -2.42. The standard InChI is InChI=1S/C12H24N2O.ClH/c1-3-10(2)12(15)14-8-4-5-11(9-14)6-7-13;/h10-11H,3-9,13H2,1-2H3;1H. The van der Waals surface area contributed by atoms with Crippen LogP contribution in [0.25, 0.3) is 0 Å². The van der Waals surface area contributed by atoms with Gasteiger partial charge >= 0.3 is 0 Å². The highest BCUT2D eigenvalue weighted by atomic mass is 35.5. The predicted octanol–water partition coefficient (Wildman–Crippen LogP) is 2.04. The summed E-state index contributed by atoms with van der Waals surface area (Å²) in [6.45, 7) is 6.72. The molecule has 2 N–H and O–H groups in total. The van der Waals surface area contributed by atoms with Gasteiger partial charge < -0.3 is 10.6 Å². The first-order chi connectivity index (χ1) is 7.19. The summed E-state index contributed by atoms with van der Waals surface area (Å²) in [4.78, 5) is 14.0. The normalized spacial score (nSPS) is 22.4. The third-order valence-corrected chi connectivity index (χ3v) is 3.44. The molecule has 1 rings (SSSR count). The maximum absolute atomic E-state index is 12.0. The lowest BCUT2D eigenvalue weighted by atomic mass is 9.93. The van der Waals surface area contributed by atoms with Crippen LogP contribution in [-0.4, -0.2) is 30.4 Å². The summed E-state index contributed by atoms with van der Waals surface area (Å²) in [7, 11) is 0. The largest absolute Gasteiger partial charge is 0.342 e. The quantitative estimate of drug-likeness (QED) is 0.828. The van der Waals surface area contributed by atoms with Gasteiger partial charge in [0.1, 0.15) is 0 Å². The Kier molecular flexibility index (Phi) is 7.77. The number of hydrogen-bond acceptors (Lipinski definition) is 2. The molecule has 4 heteroatoms. The van der Waals surface area contributed by atoms with Gasteiger partial charge in [-0.2, -0.15) is 0 Å². The lowest BCUT2D eigenvalue weighted by molar-refractivity contribution is -0.136. The van der Waals surface area contributed by atoms with Crippen LogP contribution in [-0.2, 0) is 4.79 Å². The Bertz CT molecular complexity index is 209. The molecular formula is C12H25ClN2O. The van der Waals surface area contributed by atoms with E-state index in [1.165, 1.54) is 6.42 Å². The zero-order chi connectivity index (χ0) is 11.3. The predicted molar refractivity (Wildman–Crippen MR) is 69.7 cm³/mol. The fourth-order valence-corrected chi connectivity index (χ4v) is 2.22. The van der Waals surface area contributed by atoms with E-state index >= 15 is 0 Å². The van der Waals surface area contributed by atoms with Gasteiger partial charge in [0.25, 0.3) is 0 Å². The van der Waals surface area contributed by atoms with Crippen LogP contribution in [0.1, 0.15) is 39.5 Å². The molecule has 1 amide bonds. The Morgan fingerprint density at radius 1 is 1.56 bits per heavy atom. The maximum atomic E-state index is 12.0. The van der Waals surface area contributed by atoms with Crippen molar-refractivity contribution in [3.05, 3.63) is 0 Å². The molecule has 0 aromatic heterocycles. The number of hydrogen-bond donors (Lipinski definition) is 1. The summed E-state index contributed by atoms with van der Waals surface area (Å²) >= 11 is 0. The number of halogens is 1. The number of piperidine rings is 1. The van der Waals surface area contributed by atoms with Crippen molar-refractivity contribution < 1.29 is 4.79 Å². The number of carbonyl (C=O) groups excluding carboxylic acids is 1. The second-order valence-corrected chi connectivity index (χ2v) is 4.68. The third-order valence-electron chi connectivity index (χ3n) is 3.44. The molecule has 0 saturated carbocycles. The molecular weight excluding hydrogens is 224 g/mol. The number of carbonyl (C=O) groups is 1. The Morgan fingerprint density at radius 3 is 2.81 bits per heavy atom. The van der Waals surface area contributed by atoms with E-state index in [-0.39, 0.29) is 18.3 Å². The molecule has 0 aromatic rings. The van der Waals surface area contributed by atoms with Gasteiger partial charge in [-0.15, -0.1) is 12.4 Å². The SMILES string of the molecule is CCC(C)C(=O)N1CCCC(CCN)C1.Cl. The minimum Gasteiger partial charge on any atom is -0.342 e. The van der Waals surface area contributed by atoms with E-state index in [2.05, 4.69) is 6.92 Å². The van der Waals surface area contributed by atoms with Crippen LogP contribution < -0.4 is 5.73 Å². The second kappa shape index (κ2) is 7.91. The number of amides is 1. The third kappa shape index (κ3) is 4.30. The minimum atomic E-state index is 0. The van der Waals surface area contributed by atoms with Crippen LogP contribution in [0.3, 0.4) is 0 Å². The van der Waals surface area contributed by atoms with Crippen molar-refractivity contribution in [3.63, 3.8) is 0 Å². The molecule has 0 aliphatic carbocycles. The summed E-state index contributed by atoms with van der Waals surface area (Å²) in [5.41, 5.74) is 5.56. The fourth-order valence-electron chi connectivity index (χ4n) is 2.22. The van der Waals surface area contributed by atoms with Gasteiger partial charge in [-0.1, -0.05) is 13.8 Å². The Labute approximate surface area is 105 Å². The van der Waals surface area contributed by atoms with E-state index in [4.69, 9.17) is 5.73 Å². The van der Waals surface area contributed by atoms with Crippen molar-refractivity contribution in [2.24, 2.45) is 17.6 Å². The monoisotopic (exact) mass is 248 g/mol. The second-order valence-electron chi connectivity index (χ2n) is 4.68. The van der Waals surface area contributed by atoms with Gasteiger partial charge in [0.15, 0.2) is 0 Å². The van der Waals surface area contributed by atoms with E-state index in [1.54, 1.807) is 0 Å². The summed E-state index contributed by atoms with van der Waals surface area (Å²) in [6.07, 6.45) is 4.38. The highest BCUT2D eigenvalue weighted by Crippen LogP contribution is 2.21. The van der Waals surface area contributed by atoms with Crippen molar-refractivity contribution >= 4 is 18.3 Å². The fraction of sp³-hybridized carbons (Fsp3) is 0.917. The Balaban J connectivity index is 0.00000225. The molecule has 1 aliphatic heterocycles. The van der Waals surface area contributed by atoms with Gasteiger partial charge in [0.2, 0.25) is 5.91 Å². The molecule has 16 heavy (non-hydrogen) atoms. The van der Waals surface area contributed by atoms with Crippen LogP contribution in [0.15, 0.2) is 0 Å². The average Bonchev–Trinajstić information content (AvgIpc) is 2.28. The Hall–Kier alpha value is -0.280. The summed E-state index contributed by atoms with van der Waals surface area (Å²) in [5, 5.41) is 0. The van der Waals surface area contributed by atoms with Crippen molar-refractivity contribution in [2.75, 3.05) is 19.6 Å². The summed E-state index contributed by atoms with van der Waals surface area (Å²) < 4.78 is 0. The highest BCUT2D eigenvalue weighted by Gasteiger charge is 2.25. The molecule has 0 spiro atoms. The number of nitrogens with zero attached hydrogens (tertiary/aromatic N) is 1. The summed E-state index contributed by atoms with van der Waals surface area (Å²) in [5.74, 6) is 1.15. The molecule has 1 heterocycles. The first-order valence-corrected chi connectivity index (χ1v) is 6.17.